The average molecular weight is 398 g/mol. The molecule has 0 aliphatic rings. The van der Waals surface area contributed by atoms with Gasteiger partial charge < -0.3 is 15.1 Å². The molecule has 0 aromatic heterocycles. The molecule has 0 saturated heterocycles. The lowest BCUT2D eigenvalue weighted by molar-refractivity contribution is 0.370. The Kier molecular flexibility index (Phi) is 17.1. The minimum absolute atomic E-state index is 0.0478. The van der Waals surface area contributed by atoms with Crippen LogP contribution in [0.25, 0.3) is 0 Å². The second kappa shape index (κ2) is 16.8. The van der Waals surface area contributed by atoms with E-state index >= 15 is 0 Å². The third kappa shape index (κ3) is 22.4. The van der Waals surface area contributed by atoms with E-state index in [4.69, 9.17) is 22.0 Å². The summed E-state index contributed by atoms with van der Waals surface area (Å²) >= 11 is 8.87. The standard InChI is InChI=1S/C17H36NO3PS2/c19-22(20,21)16-14-12-10-8-6-4-2-1-3-5-7-9-11-13-15-18-17(23)24/h1-16H2,(H2,18,23,24)(H2,19,20,21). The lowest BCUT2D eigenvalue weighted by Crippen LogP contribution is -2.17. The molecule has 144 valence electrons. The third-order valence-corrected chi connectivity index (χ3v) is 5.35. The zero-order valence-corrected chi connectivity index (χ0v) is 17.5. The predicted molar refractivity (Wildman–Crippen MR) is 111 cm³/mol. The third-order valence-electron chi connectivity index (χ3n) is 4.15. The first-order valence-electron chi connectivity index (χ1n) is 9.43. The molecule has 0 saturated carbocycles. The number of thiol groups is 1. The molecule has 0 heterocycles. The summed E-state index contributed by atoms with van der Waals surface area (Å²) in [5.41, 5.74) is 0. The van der Waals surface area contributed by atoms with Gasteiger partial charge in [0.1, 0.15) is 4.32 Å². The summed E-state index contributed by atoms with van der Waals surface area (Å²) in [6, 6.07) is 0. The fraction of sp³-hybridized carbons (Fsp3) is 0.941. The lowest BCUT2D eigenvalue weighted by atomic mass is 10.0. The molecule has 7 heteroatoms. The highest BCUT2D eigenvalue weighted by Gasteiger charge is 2.10. The zero-order valence-electron chi connectivity index (χ0n) is 14.9. The van der Waals surface area contributed by atoms with E-state index in [9.17, 15) is 4.57 Å². The Hall–Kier alpha value is 0.390. The maximum absolute atomic E-state index is 10.7. The molecular formula is C17H36NO3PS2. The summed E-state index contributed by atoms with van der Waals surface area (Å²) in [7, 11) is -3.77. The van der Waals surface area contributed by atoms with Gasteiger partial charge in [-0.25, -0.2) is 0 Å². The second-order valence-corrected chi connectivity index (χ2v) is 9.50. The van der Waals surface area contributed by atoms with E-state index < -0.39 is 7.60 Å². The van der Waals surface area contributed by atoms with E-state index in [-0.39, 0.29) is 6.16 Å². The number of nitrogens with one attached hydrogen (secondary N) is 1. The molecular weight excluding hydrogens is 361 g/mol. The molecule has 0 fully saturated rings. The fourth-order valence-electron chi connectivity index (χ4n) is 2.76. The van der Waals surface area contributed by atoms with Crippen molar-refractivity contribution in [3.05, 3.63) is 0 Å². The Morgan fingerprint density at radius 1 is 0.750 bits per heavy atom. The Labute approximate surface area is 159 Å². The molecule has 0 bridgehead atoms. The van der Waals surface area contributed by atoms with E-state index in [1.54, 1.807) is 0 Å². The van der Waals surface area contributed by atoms with Crippen LogP contribution in [0.3, 0.4) is 0 Å². The summed E-state index contributed by atoms with van der Waals surface area (Å²) < 4.78 is 11.3. The van der Waals surface area contributed by atoms with Crippen LogP contribution >= 0.6 is 32.4 Å². The Balaban J connectivity index is 3.05. The van der Waals surface area contributed by atoms with Gasteiger partial charge in [0, 0.05) is 12.7 Å². The summed E-state index contributed by atoms with van der Waals surface area (Å²) in [4.78, 5) is 17.5. The zero-order chi connectivity index (χ0) is 18.1. The van der Waals surface area contributed by atoms with Crippen molar-refractivity contribution in [1.82, 2.24) is 5.32 Å². The van der Waals surface area contributed by atoms with Crippen LogP contribution < -0.4 is 5.32 Å². The number of thiocarbonyl (C=S) groups is 1. The maximum atomic E-state index is 10.7. The van der Waals surface area contributed by atoms with Crippen molar-refractivity contribution in [2.75, 3.05) is 12.7 Å². The molecule has 0 rings (SSSR count). The molecule has 0 aromatic rings. The van der Waals surface area contributed by atoms with E-state index in [1.807, 2.05) is 0 Å². The van der Waals surface area contributed by atoms with Crippen LogP contribution in [0.4, 0.5) is 0 Å². The van der Waals surface area contributed by atoms with E-state index in [0.29, 0.717) is 10.7 Å². The van der Waals surface area contributed by atoms with Gasteiger partial charge in [0.25, 0.3) is 0 Å². The van der Waals surface area contributed by atoms with Gasteiger partial charge in [0.2, 0.25) is 0 Å². The first kappa shape index (κ1) is 24.4. The van der Waals surface area contributed by atoms with Crippen LogP contribution in [0.5, 0.6) is 0 Å². The van der Waals surface area contributed by atoms with Crippen molar-refractivity contribution in [2.45, 2.75) is 89.9 Å². The van der Waals surface area contributed by atoms with Crippen LogP contribution in [0.15, 0.2) is 0 Å². The smallest absolute Gasteiger partial charge is 0.325 e. The molecule has 0 radical (unpaired) electrons. The minimum Gasteiger partial charge on any atom is -0.371 e. The van der Waals surface area contributed by atoms with Gasteiger partial charge in [-0.05, 0) is 12.8 Å². The van der Waals surface area contributed by atoms with Gasteiger partial charge in [-0.2, -0.15) is 0 Å². The molecule has 24 heavy (non-hydrogen) atoms. The molecule has 0 aliphatic carbocycles. The second-order valence-electron chi connectivity index (χ2n) is 6.57. The van der Waals surface area contributed by atoms with Gasteiger partial charge in [-0.3, -0.25) is 4.57 Å². The average Bonchev–Trinajstić information content (AvgIpc) is 2.49. The molecule has 4 nitrogen and oxygen atoms in total. The quantitative estimate of drug-likeness (QED) is 0.114. The van der Waals surface area contributed by atoms with Gasteiger partial charge in [0.05, 0.1) is 0 Å². The van der Waals surface area contributed by atoms with Crippen molar-refractivity contribution in [3.63, 3.8) is 0 Å². The topological polar surface area (TPSA) is 69.6 Å². The number of hydrogen-bond donors (Lipinski definition) is 4. The van der Waals surface area contributed by atoms with Crippen LogP contribution in [-0.2, 0) is 4.57 Å². The molecule has 0 amide bonds. The SMILES string of the molecule is O=P(O)(O)CCCCCCCCCCCCCCCCNC(=S)S. The minimum atomic E-state index is -3.77. The van der Waals surface area contributed by atoms with E-state index in [0.717, 1.165) is 19.4 Å². The summed E-state index contributed by atoms with van der Waals surface area (Å²) in [5.74, 6) is 0. The molecule has 0 aromatic carbocycles. The van der Waals surface area contributed by atoms with Crippen molar-refractivity contribution < 1.29 is 14.4 Å². The van der Waals surface area contributed by atoms with Gasteiger partial charge in [-0.15, -0.1) is 12.6 Å². The van der Waals surface area contributed by atoms with Crippen LogP contribution in [0.1, 0.15) is 89.9 Å². The first-order chi connectivity index (χ1) is 11.4. The largest absolute Gasteiger partial charge is 0.371 e. The molecule has 0 unspecified atom stereocenters. The van der Waals surface area contributed by atoms with Crippen LogP contribution in [-0.4, -0.2) is 26.8 Å². The number of unbranched alkanes of at least 4 members (excludes halogenated alkanes) is 13. The van der Waals surface area contributed by atoms with Crippen LogP contribution in [0.2, 0.25) is 0 Å². The van der Waals surface area contributed by atoms with Crippen molar-refractivity contribution in [1.29, 1.82) is 0 Å². The fourth-order valence-corrected chi connectivity index (χ4v) is 3.61. The Bertz CT molecular complexity index is 351. The molecule has 0 spiro atoms. The van der Waals surface area contributed by atoms with Gasteiger partial charge in [0.15, 0.2) is 0 Å². The predicted octanol–water partition coefficient (Wildman–Crippen LogP) is 5.43. The first-order valence-corrected chi connectivity index (χ1v) is 12.1. The van der Waals surface area contributed by atoms with Crippen molar-refractivity contribution in [2.24, 2.45) is 0 Å². The van der Waals surface area contributed by atoms with Gasteiger partial charge >= 0.3 is 7.60 Å². The summed E-state index contributed by atoms with van der Waals surface area (Å²) in [5, 5.41) is 3.06. The Morgan fingerprint density at radius 2 is 1.08 bits per heavy atom. The summed E-state index contributed by atoms with van der Waals surface area (Å²) in [6.45, 7) is 0.946. The Morgan fingerprint density at radius 3 is 1.42 bits per heavy atom. The van der Waals surface area contributed by atoms with Crippen LogP contribution in [0, 0.1) is 0 Å². The molecule has 0 aliphatic heterocycles. The lowest BCUT2D eigenvalue weighted by Gasteiger charge is -2.05. The van der Waals surface area contributed by atoms with E-state index in [1.165, 1.54) is 70.6 Å². The highest BCUT2D eigenvalue weighted by atomic mass is 32.1. The van der Waals surface area contributed by atoms with Crippen molar-refractivity contribution >= 4 is 36.8 Å². The highest BCUT2D eigenvalue weighted by Crippen LogP contribution is 2.35. The van der Waals surface area contributed by atoms with E-state index in [2.05, 4.69) is 17.9 Å². The monoisotopic (exact) mass is 397 g/mol. The number of hydrogen-bond acceptors (Lipinski definition) is 2. The summed E-state index contributed by atoms with van der Waals surface area (Å²) in [6.07, 6.45) is 17.0. The molecule has 3 N–H and O–H groups in total. The number of rotatable bonds is 17. The van der Waals surface area contributed by atoms with Gasteiger partial charge in [-0.1, -0.05) is 89.3 Å². The normalized spacial score (nSPS) is 11.6. The molecule has 0 atom stereocenters. The maximum Gasteiger partial charge on any atom is 0.325 e. The highest BCUT2D eigenvalue weighted by molar-refractivity contribution is 8.11. The van der Waals surface area contributed by atoms with Crippen molar-refractivity contribution in [3.8, 4) is 0 Å².